The average molecular weight is 354 g/mol. The molecule has 4 amide bonds. The second-order valence-corrected chi connectivity index (χ2v) is 5.69. The van der Waals surface area contributed by atoms with E-state index in [9.17, 15) is 14.4 Å². The highest BCUT2D eigenvalue weighted by Gasteiger charge is 2.11. The Balaban J connectivity index is 1.66. The first-order valence-corrected chi connectivity index (χ1v) is 8.19. The van der Waals surface area contributed by atoms with Crippen molar-refractivity contribution in [2.24, 2.45) is 0 Å². The van der Waals surface area contributed by atoms with Crippen molar-refractivity contribution in [1.29, 1.82) is 0 Å². The Bertz CT molecular complexity index is 735. The molecule has 0 aliphatic rings. The Morgan fingerprint density at radius 2 is 1.42 bits per heavy atom. The van der Waals surface area contributed by atoms with Gasteiger partial charge >= 0.3 is 6.03 Å². The van der Waals surface area contributed by atoms with Crippen LogP contribution in [0.5, 0.6) is 0 Å². The Kier molecular flexibility index (Phi) is 7.17. The van der Waals surface area contributed by atoms with Crippen LogP contribution in [0.3, 0.4) is 0 Å². The number of carbonyl (C=O) groups excluding carboxylic acids is 3. The molecule has 0 atom stereocenters. The number of carbonyl (C=O) groups is 3. The third-order valence-corrected chi connectivity index (χ3v) is 3.56. The molecule has 2 rings (SSSR count). The van der Waals surface area contributed by atoms with Crippen molar-refractivity contribution in [3.8, 4) is 0 Å². The summed E-state index contributed by atoms with van der Waals surface area (Å²) in [6, 6.07) is 17.9. The van der Waals surface area contributed by atoms with Crippen LogP contribution in [0.1, 0.15) is 5.56 Å². The minimum absolute atomic E-state index is 0.143. The van der Waals surface area contributed by atoms with E-state index < -0.39 is 6.03 Å². The van der Waals surface area contributed by atoms with Gasteiger partial charge in [-0.25, -0.2) is 4.79 Å². The maximum absolute atomic E-state index is 12.0. The summed E-state index contributed by atoms with van der Waals surface area (Å²) in [4.78, 5) is 37.0. The summed E-state index contributed by atoms with van der Waals surface area (Å²) in [6.45, 7) is 0.132. The molecule has 7 heteroatoms. The largest absolute Gasteiger partial charge is 0.340 e. The van der Waals surface area contributed by atoms with Crippen molar-refractivity contribution in [2.45, 2.75) is 6.54 Å². The van der Waals surface area contributed by atoms with Crippen molar-refractivity contribution in [3.63, 3.8) is 0 Å². The highest BCUT2D eigenvalue weighted by atomic mass is 16.2. The van der Waals surface area contributed by atoms with Gasteiger partial charge < -0.3 is 20.9 Å². The lowest BCUT2D eigenvalue weighted by Crippen LogP contribution is -2.44. The molecule has 2 aromatic carbocycles. The molecule has 26 heavy (non-hydrogen) atoms. The molecule has 0 spiro atoms. The summed E-state index contributed by atoms with van der Waals surface area (Å²) in [6.07, 6.45) is 0. The summed E-state index contributed by atoms with van der Waals surface area (Å²) in [7, 11) is 1.67. The molecule has 0 aliphatic carbocycles. The van der Waals surface area contributed by atoms with Gasteiger partial charge in [-0.15, -0.1) is 0 Å². The normalized spacial score (nSPS) is 9.88. The number of nitrogens with one attached hydrogen (secondary N) is 3. The molecule has 3 N–H and O–H groups in total. The number of nitrogens with zero attached hydrogens (tertiary/aromatic N) is 1. The van der Waals surface area contributed by atoms with Gasteiger partial charge in [0.15, 0.2) is 0 Å². The van der Waals surface area contributed by atoms with Crippen LogP contribution in [-0.4, -0.2) is 42.9 Å². The van der Waals surface area contributed by atoms with Gasteiger partial charge in [-0.3, -0.25) is 9.59 Å². The van der Waals surface area contributed by atoms with Crippen LogP contribution in [0.25, 0.3) is 0 Å². The van der Waals surface area contributed by atoms with Crippen molar-refractivity contribution in [1.82, 2.24) is 15.5 Å². The molecule has 0 saturated heterocycles. The molecule has 0 radical (unpaired) electrons. The number of rotatable bonds is 7. The van der Waals surface area contributed by atoms with E-state index in [1.54, 1.807) is 31.3 Å². The van der Waals surface area contributed by atoms with Crippen LogP contribution in [0.4, 0.5) is 10.5 Å². The lowest BCUT2D eigenvalue weighted by atomic mass is 10.2. The standard InChI is InChI=1S/C19H22N4O3/c1-23(14-15-8-4-2-5-9-15)18(25)13-21-19(26)20-12-17(24)22-16-10-6-3-7-11-16/h2-11H,12-14H2,1H3,(H,22,24)(H2,20,21,26). The van der Waals surface area contributed by atoms with Crippen LogP contribution >= 0.6 is 0 Å². The van der Waals surface area contributed by atoms with E-state index in [2.05, 4.69) is 16.0 Å². The number of anilines is 1. The number of hydrogen-bond acceptors (Lipinski definition) is 3. The highest BCUT2D eigenvalue weighted by Crippen LogP contribution is 2.04. The van der Waals surface area contributed by atoms with Crippen LogP contribution < -0.4 is 16.0 Å². The molecule has 0 aromatic heterocycles. The zero-order chi connectivity index (χ0) is 18.8. The predicted octanol–water partition coefficient (Wildman–Crippen LogP) is 1.58. The summed E-state index contributed by atoms with van der Waals surface area (Å²) in [5, 5.41) is 7.51. The fourth-order valence-corrected chi connectivity index (χ4v) is 2.19. The fraction of sp³-hybridized carbons (Fsp3) is 0.211. The second-order valence-electron chi connectivity index (χ2n) is 5.69. The third kappa shape index (κ3) is 6.64. The van der Waals surface area contributed by atoms with Gasteiger partial charge in [-0.1, -0.05) is 48.5 Å². The van der Waals surface area contributed by atoms with E-state index in [1.165, 1.54) is 4.90 Å². The first kappa shape index (κ1) is 19.0. The monoisotopic (exact) mass is 354 g/mol. The number of amides is 4. The summed E-state index contributed by atoms with van der Waals surface area (Å²) in [5.74, 6) is -0.573. The minimum atomic E-state index is -0.574. The number of urea groups is 1. The smallest absolute Gasteiger partial charge is 0.315 e. The average Bonchev–Trinajstić information content (AvgIpc) is 2.66. The first-order chi connectivity index (χ1) is 12.5. The molecule has 0 saturated carbocycles. The Hall–Kier alpha value is -3.35. The molecule has 0 heterocycles. The molecule has 0 aliphatic heterocycles. The van der Waals surface area contributed by atoms with E-state index >= 15 is 0 Å². The molecular formula is C19H22N4O3. The molecular weight excluding hydrogens is 332 g/mol. The molecule has 2 aromatic rings. The Morgan fingerprint density at radius 1 is 0.846 bits per heavy atom. The molecule has 0 unspecified atom stereocenters. The van der Waals surface area contributed by atoms with Gasteiger partial charge in [0.25, 0.3) is 0 Å². The fourth-order valence-electron chi connectivity index (χ4n) is 2.19. The second kappa shape index (κ2) is 9.83. The van der Waals surface area contributed by atoms with Crippen LogP contribution in [-0.2, 0) is 16.1 Å². The number of benzene rings is 2. The number of likely N-dealkylation sites (N-methyl/N-ethyl adjacent to an activating group) is 1. The van der Waals surface area contributed by atoms with Crippen molar-refractivity contribution in [3.05, 3.63) is 66.2 Å². The SMILES string of the molecule is CN(Cc1ccccc1)C(=O)CNC(=O)NCC(=O)Nc1ccccc1. The van der Waals surface area contributed by atoms with Gasteiger partial charge in [-0.05, 0) is 17.7 Å². The minimum Gasteiger partial charge on any atom is -0.340 e. The zero-order valence-corrected chi connectivity index (χ0v) is 14.6. The third-order valence-electron chi connectivity index (χ3n) is 3.56. The number of para-hydroxylation sites is 1. The van der Waals surface area contributed by atoms with E-state index in [0.717, 1.165) is 5.56 Å². The van der Waals surface area contributed by atoms with Crippen molar-refractivity contribution in [2.75, 3.05) is 25.5 Å². The van der Waals surface area contributed by atoms with E-state index in [-0.39, 0.29) is 24.9 Å². The van der Waals surface area contributed by atoms with Gasteiger partial charge in [0.05, 0.1) is 13.1 Å². The maximum Gasteiger partial charge on any atom is 0.315 e. The van der Waals surface area contributed by atoms with Crippen molar-refractivity contribution >= 4 is 23.5 Å². The first-order valence-electron chi connectivity index (χ1n) is 8.19. The molecule has 0 bridgehead atoms. The lowest BCUT2D eigenvalue weighted by Gasteiger charge is -2.17. The summed E-state index contributed by atoms with van der Waals surface area (Å²) in [5.41, 5.74) is 1.66. The lowest BCUT2D eigenvalue weighted by molar-refractivity contribution is -0.129. The van der Waals surface area contributed by atoms with Gasteiger partial charge in [-0.2, -0.15) is 0 Å². The van der Waals surface area contributed by atoms with Crippen LogP contribution in [0.15, 0.2) is 60.7 Å². The highest BCUT2D eigenvalue weighted by molar-refractivity contribution is 5.94. The summed E-state index contributed by atoms with van der Waals surface area (Å²) < 4.78 is 0. The Morgan fingerprint density at radius 3 is 2.08 bits per heavy atom. The molecule has 136 valence electrons. The van der Waals surface area contributed by atoms with Crippen LogP contribution in [0.2, 0.25) is 0 Å². The van der Waals surface area contributed by atoms with Crippen molar-refractivity contribution < 1.29 is 14.4 Å². The van der Waals surface area contributed by atoms with Gasteiger partial charge in [0, 0.05) is 19.3 Å². The quantitative estimate of drug-likeness (QED) is 0.705. The van der Waals surface area contributed by atoms with E-state index in [4.69, 9.17) is 0 Å². The maximum atomic E-state index is 12.0. The van der Waals surface area contributed by atoms with Crippen LogP contribution in [0, 0.1) is 0 Å². The van der Waals surface area contributed by atoms with E-state index in [0.29, 0.717) is 12.2 Å². The van der Waals surface area contributed by atoms with Gasteiger partial charge in [0.2, 0.25) is 11.8 Å². The van der Waals surface area contributed by atoms with Gasteiger partial charge in [0.1, 0.15) is 0 Å². The molecule has 0 fully saturated rings. The van der Waals surface area contributed by atoms with E-state index in [1.807, 2.05) is 36.4 Å². The number of hydrogen-bond donors (Lipinski definition) is 3. The topological polar surface area (TPSA) is 90.5 Å². The predicted molar refractivity (Wildman–Crippen MR) is 99.4 cm³/mol. The zero-order valence-electron chi connectivity index (χ0n) is 14.6. The molecule has 7 nitrogen and oxygen atoms in total. The Labute approximate surface area is 152 Å². The summed E-state index contributed by atoms with van der Waals surface area (Å²) >= 11 is 0.